The van der Waals surface area contributed by atoms with Gasteiger partial charge in [0.2, 0.25) is 5.24 Å². The van der Waals surface area contributed by atoms with E-state index in [0.717, 1.165) is 0 Å². The van der Waals surface area contributed by atoms with Crippen LogP contribution in [0.1, 0.15) is 12.8 Å². The van der Waals surface area contributed by atoms with Gasteiger partial charge in [-0.2, -0.15) is 0 Å². The molecule has 0 aromatic carbocycles. The van der Waals surface area contributed by atoms with Gasteiger partial charge in [0.15, 0.2) is 0 Å². The minimum absolute atomic E-state index is 0.0984. The Balaban J connectivity index is 3.70. The van der Waals surface area contributed by atoms with Gasteiger partial charge in [-0.05, 0) is 29.8 Å². The smallest absolute Gasteiger partial charge is 0.303 e. The van der Waals surface area contributed by atoms with E-state index in [0.29, 0.717) is 0 Å². The highest BCUT2D eigenvalue weighted by Crippen LogP contribution is 2.02. The fraction of sp³-hybridized carbons (Fsp3) is 0.600. The predicted molar refractivity (Wildman–Crippen MR) is 40.5 cm³/mol. The molecule has 1 atom stereocenters. The van der Waals surface area contributed by atoms with Crippen molar-refractivity contribution in [2.24, 2.45) is 0 Å². The van der Waals surface area contributed by atoms with Crippen molar-refractivity contribution in [1.29, 1.82) is 0 Å². The second-order valence-corrected chi connectivity index (χ2v) is 2.49. The zero-order chi connectivity index (χ0) is 8.85. The van der Waals surface area contributed by atoms with Crippen LogP contribution < -0.4 is 4.84 Å². The molecule has 0 aliphatic carbocycles. The maximum Gasteiger partial charge on any atom is 0.303 e. The van der Waals surface area contributed by atoms with Gasteiger partial charge in [0.1, 0.15) is 0 Å². The first-order valence-corrected chi connectivity index (χ1v) is 3.60. The van der Waals surface area contributed by atoms with Crippen LogP contribution in [0.5, 0.6) is 0 Å². The monoisotopic (exact) mass is 199 g/mol. The quantitative estimate of drug-likeness (QED) is 0.507. The maximum atomic E-state index is 10.4. The van der Waals surface area contributed by atoms with Gasteiger partial charge < -0.3 is 5.11 Å². The van der Waals surface area contributed by atoms with Crippen molar-refractivity contribution < 1.29 is 14.7 Å². The summed E-state index contributed by atoms with van der Waals surface area (Å²) in [6.07, 6.45) is -0.0377. The van der Waals surface area contributed by atoms with Gasteiger partial charge in [-0.1, -0.05) is 0 Å². The van der Waals surface area contributed by atoms with Crippen LogP contribution in [0.25, 0.3) is 0 Å². The van der Waals surface area contributed by atoms with Crippen LogP contribution in [0, 0.1) is 0 Å². The Morgan fingerprint density at radius 1 is 1.55 bits per heavy atom. The number of halogens is 2. The highest BCUT2D eigenvalue weighted by molar-refractivity contribution is 6.65. The molecule has 0 heterocycles. The first-order valence-electron chi connectivity index (χ1n) is 2.85. The van der Waals surface area contributed by atoms with E-state index in [1.807, 2.05) is 0 Å². The van der Waals surface area contributed by atoms with Crippen molar-refractivity contribution in [3.05, 3.63) is 0 Å². The van der Waals surface area contributed by atoms with Crippen LogP contribution in [0.2, 0.25) is 0 Å². The van der Waals surface area contributed by atoms with Crippen LogP contribution >= 0.6 is 23.4 Å². The summed E-state index contributed by atoms with van der Waals surface area (Å²) in [6, 6.07) is -0.783. The summed E-state index contributed by atoms with van der Waals surface area (Å²) in [5.41, 5.74) is 0. The molecule has 0 rings (SSSR count). The summed E-state index contributed by atoms with van der Waals surface area (Å²) in [5, 5.41) is 7.54. The fourth-order valence-corrected chi connectivity index (χ4v) is 0.906. The van der Waals surface area contributed by atoms with Crippen molar-refractivity contribution in [1.82, 2.24) is 4.84 Å². The molecule has 2 N–H and O–H groups in total. The van der Waals surface area contributed by atoms with Gasteiger partial charge in [-0.3, -0.25) is 9.59 Å². The lowest BCUT2D eigenvalue weighted by molar-refractivity contribution is -0.137. The Morgan fingerprint density at radius 3 is 2.36 bits per heavy atom. The second kappa shape index (κ2) is 5.35. The second-order valence-electron chi connectivity index (χ2n) is 1.90. The number of aliphatic carboxylic acids is 1. The van der Waals surface area contributed by atoms with Crippen LogP contribution in [0.15, 0.2) is 0 Å². The Morgan fingerprint density at radius 2 is 2.09 bits per heavy atom. The van der Waals surface area contributed by atoms with Crippen molar-refractivity contribution in [3.8, 4) is 0 Å². The highest BCUT2D eigenvalue weighted by atomic mass is 35.5. The molecule has 0 aromatic rings. The van der Waals surface area contributed by atoms with Gasteiger partial charge in [0.05, 0.1) is 6.04 Å². The van der Waals surface area contributed by atoms with Crippen LogP contribution in [-0.4, -0.2) is 22.4 Å². The Bertz CT molecular complexity index is 162. The third kappa shape index (κ3) is 5.01. The Kier molecular flexibility index (Phi) is 5.19. The lowest BCUT2D eigenvalue weighted by Gasteiger charge is -2.06. The number of nitrogens with one attached hydrogen (secondary N) is 1. The SMILES string of the molecule is O=C(O)CC[C@H](NCl)C(=O)Cl. The molecule has 0 saturated heterocycles. The molecule has 0 amide bonds. The normalized spacial score (nSPS) is 12.5. The summed E-state index contributed by atoms with van der Waals surface area (Å²) < 4.78 is 0. The molecule has 6 heteroatoms. The molecule has 0 radical (unpaired) electrons. The van der Waals surface area contributed by atoms with E-state index < -0.39 is 17.3 Å². The van der Waals surface area contributed by atoms with Crippen LogP contribution in [0.3, 0.4) is 0 Å². The number of carbonyl (C=O) groups is 2. The van der Waals surface area contributed by atoms with Crippen molar-refractivity contribution in [2.45, 2.75) is 18.9 Å². The first kappa shape index (κ1) is 10.7. The molecular weight excluding hydrogens is 193 g/mol. The Labute approximate surface area is 73.6 Å². The summed E-state index contributed by atoms with van der Waals surface area (Å²) in [5.74, 6) is -0.986. The minimum atomic E-state index is -0.986. The zero-order valence-corrected chi connectivity index (χ0v) is 7.02. The maximum absolute atomic E-state index is 10.4. The van der Waals surface area contributed by atoms with E-state index in [2.05, 4.69) is 4.84 Å². The molecule has 0 aromatic heterocycles. The molecule has 0 unspecified atom stereocenters. The van der Waals surface area contributed by atoms with Crippen molar-refractivity contribution >= 4 is 34.6 Å². The van der Waals surface area contributed by atoms with Crippen LogP contribution in [0.4, 0.5) is 0 Å². The number of carboxylic acids is 1. The molecule has 11 heavy (non-hydrogen) atoms. The standard InChI is InChI=1S/C5H7Cl2NO3/c6-5(11)3(8-7)1-2-4(9)10/h3,8H,1-2H2,(H,9,10)/t3-/m0/s1. The average molecular weight is 200 g/mol. The third-order valence-electron chi connectivity index (χ3n) is 1.05. The summed E-state index contributed by atoms with van der Waals surface area (Å²) in [4.78, 5) is 22.5. The summed E-state index contributed by atoms with van der Waals surface area (Å²) >= 11 is 10.1. The predicted octanol–water partition coefficient (Wildman–Crippen LogP) is 0.729. The molecule has 0 saturated carbocycles. The summed E-state index contributed by atoms with van der Waals surface area (Å²) in [7, 11) is 0. The molecule has 64 valence electrons. The van der Waals surface area contributed by atoms with Gasteiger partial charge in [0.25, 0.3) is 0 Å². The molecule has 0 spiro atoms. The van der Waals surface area contributed by atoms with Crippen molar-refractivity contribution in [3.63, 3.8) is 0 Å². The van der Waals surface area contributed by atoms with Gasteiger partial charge in [0, 0.05) is 6.42 Å². The lowest BCUT2D eigenvalue weighted by atomic mass is 10.2. The van der Waals surface area contributed by atoms with Crippen LogP contribution in [-0.2, 0) is 9.59 Å². The molecule has 0 fully saturated rings. The van der Waals surface area contributed by atoms with E-state index in [1.54, 1.807) is 0 Å². The van der Waals surface area contributed by atoms with Gasteiger partial charge in [-0.15, -0.1) is 0 Å². The molecule has 4 nitrogen and oxygen atoms in total. The number of hydrogen-bond donors (Lipinski definition) is 2. The van der Waals surface area contributed by atoms with Gasteiger partial charge >= 0.3 is 5.97 Å². The van der Waals surface area contributed by atoms with Crippen molar-refractivity contribution in [2.75, 3.05) is 0 Å². The van der Waals surface area contributed by atoms with E-state index in [4.69, 9.17) is 28.5 Å². The zero-order valence-electron chi connectivity index (χ0n) is 5.51. The van der Waals surface area contributed by atoms with E-state index in [9.17, 15) is 9.59 Å². The minimum Gasteiger partial charge on any atom is -0.481 e. The first-order chi connectivity index (χ1) is 5.07. The highest BCUT2D eigenvalue weighted by Gasteiger charge is 2.15. The molecular formula is C5H7Cl2NO3. The number of carboxylic acid groups (broad SMARTS) is 1. The van der Waals surface area contributed by atoms with Gasteiger partial charge in [-0.25, -0.2) is 4.84 Å². The number of rotatable bonds is 5. The van der Waals surface area contributed by atoms with E-state index >= 15 is 0 Å². The molecule has 0 aliphatic rings. The average Bonchev–Trinajstić information content (AvgIpc) is 1.87. The van der Waals surface area contributed by atoms with E-state index in [-0.39, 0.29) is 12.8 Å². The third-order valence-corrected chi connectivity index (χ3v) is 1.58. The van der Waals surface area contributed by atoms with E-state index in [1.165, 1.54) is 0 Å². The summed E-state index contributed by atoms with van der Waals surface area (Å²) in [6.45, 7) is 0. The Hall–Kier alpha value is -0.320. The molecule has 0 bridgehead atoms. The fourth-order valence-electron chi connectivity index (χ4n) is 0.479. The largest absolute Gasteiger partial charge is 0.481 e. The molecule has 0 aliphatic heterocycles. The number of carbonyl (C=O) groups excluding carboxylic acids is 1. The lowest BCUT2D eigenvalue weighted by Crippen LogP contribution is -2.27. The number of hydrogen-bond acceptors (Lipinski definition) is 3. The topological polar surface area (TPSA) is 66.4 Å².